The molecule has 2 aromatic carbocycles. The molecule has 7 heteroatoms. The molecule has 7 nitrogen and oxygen atoms in total. The van der Waals surface area contributed by atoms with Crippen molar-refractivity contribution in [2.45, 2.75) is 83.8 Å². The molecule has 0 spiro atoms. The van der Waals surface area contributed by atoms with Crippen molar-refractivity contribution in [1.29, 1.82) is 0 Å². The van der Waals surface area contributed by atoms with Gasteiger partial charge in [-0.15, -0.1) is 0 Å². The van der Waals surface area contributed by atoms with E-state index < -0.39 is 24.0 Å². The number of carbonyl (C=O) groups is 3. The first kappa shape index (κ1) is 26.5. The highest BCUT2D eigenvalue weighted by Gasteiger charge is 2.35. The summed E-state index contributed by atoms with van der Waals surface area (Å²) in [4.78, 5) is 38.0. The Morgan fingerprint density at radius 2 is 1.86 bits per heavy atom. The predicted molar refractivity (Wildman–Crippen MR) is 139 cm³/mol. The van der Waals surface area contributed by atoms with E-state index in [4.69, 9.17) is 14.2 Å². The number of cyclic esters (lactones) is 1. The normalized spacial score (nSPS) is 20.9. The Balaban J connectivity index is 1.80. The van der Waals surface area contributed by atoms with Gasteiger partial charge in [0.2, 0.25) is 0 Å². The van der Waals surface area contributed by atoms with E-state index in [1.807, 2.05) is 44.2 Å². The van der Waals surface area contributed by atoms with Gasteiger partial charge in [0.05, 0.1) is 18.6 Å². The molecular formula is C30H34O7. The van der Waals surface area contributed by atoms with E-state index in [-0.39, 0.29) is 35.4 Å². The molecular weight excluding hydrogens is 472 g/mol. The average molecular weight is 507 g/mol. The van der Waals surface area contributed by atoms with Gasteiger partial charge in [-0.2, -0.15) is 0 Å². The van der Waals surface area contributed by atoms with Crippen molar-refractivity contribution in [3.63, 3.8) is 0 Å². The highest BCUT2D eigenvalue weighted by Crippen LogP contribution is 2.47. The number of esters is 2. The number of benzene rings is 2. The molecule has 2 aliphatic heterocycles. The van der Waals surface area contributed by atoms with E-state index in [9.17, 15) is 19.5 Å². The fourth-order valence-electron chi connectivity index (χ4n) is 4.88. The van der Waals surface area contributed by atoms with Crippen LogP contribution in [0.25, 0.3) is 6.08 Å². The summed E-state index contributed by atoms with van der Waals surface area (Å²) < 4.78 is 17.1. The lowest BCUT2D eigenvalue weighted by Gasteiger charge is -2.28. The number of hydrogen-bond donors (Lipinski definition) is 1. The number of ether oxygens (including phenoxy) is 3. The lowest BCUT2D eigenvalue weighted by molar-refractivity contribution is -0.135. The van der Waals surface area contributed by atoms with Crippen LogP contribution in [0.15, 0.2) is 36.4 Å². The lowest BCUT2D eigenvalue weighted by Crippen LogP contribution is -2.23. The van der Waals surface area contributed by atoms with Crippen LogP contribution in [0.1, 0.15) is 98.7 Å². The molecule has 0 bridgehead atoms. The highest BCUT2D eigenvalue weighted by atomic mass is 16.5. The number of phenols is 1. The molecule has 196 valence electrons. The second-order valence-corrected chi connectivity index (χ2v) is 10.0. The maximum atomic E-state index is 13.3. The van der Waals surface area contributed by atoms with E-state index in [0.29, 0.717) is 55.4 Å². The standard InChI is InChI=1S/C30H34O7/c1-18(2)35-23-14-8-11-20(15-23)24-17-26(32)37-25-16-21-10-5-4-6-12-22(31)13-7-9-19(3)36-30(34)27(21)29(33)28(24)25/h5,8,10-11,14-16,18-19,24,33H,4,6-7,9,12-13,17H2,1-3H3/t19-,24?/m0/s1. The molecule has 1 unspecified atom stereocenters. The monoisotopic (exact) mass is 506 g/mol. The number of fused-ring (bicyclic) bond motifs is 2. The van der Waals surface area contributed by atoms with Gasteiger partial charge < -0.3 is 19.3 Å². The third-order valence-electron chi connectivity index (χ3n) is 6.61. The van der Waals surface area contributed by atoms with Crippen LogP contribution in [0, 0.1) is 0 Å². The molecule has 0 saturated heterocycles. The van der Waals surface area contributed by atoms with Gasteiger partial charge in [0.25, 0.3) is 0 Å². The van der Waals surface area contributed by atoms with Crippen LogP contribution in [0.4, 0.5) is 0 Å². The first-order valence-electron chi connectivity index (χ1n) is 13.0. The second kappa shape index (κ2) is 11.6. The van der Waals surface area contributed by atoms with E-state index in [2.05, 4.69) is 0 Å². The number of allylic oxidation sites excluding steroid dienone is 1. The summed E-state index contributed by atoms with van der Waals surface area (Å²) in [6.07, 6.45) is 6.63. The highest BCUT2D eigenvalue weighted by molar-refractivity contribution is 5.98. The van der Waals surface area contributed by atoms with Crippen LogP contribution < -0.4 is 9.47 Å². The zero-order valence-electron chi connectivity index (χ0n) is 21.6. The number of phenolic OH excluding ortho intramolecular Hbond substituents is 1. The minimum Gasteiger partial charge on any atom is -0.507 e. The van der Waals surface area contributed by atoms with Crippen molar-refractivity contribution < 1.29 is 33.7 Å². The molecule has 37 heavy (non-hydrogen) atoms. The summed E-state index contributed by atoms with van der Waals surface area (Å²) in [5, 5.41) is 11.5. The summed E-state index contributed by atoms with van der Waals surface area (Å²) >= 11 is 0. The van der Waals surface area contributed by atoms with Crippen molar-refractivity contribution in [2.24, 2.45) is 0 Å². The first-order valence-corrected chi connectivity index (χ1v) is 13.0. The van der Waals surface area contributed by atoms with Crippen LogP contribution in [-0.2, 0) is 14.3 Å². The summed E-state index contributed by atoms with van der Waals surface area (Å²) in [5.41, 5.74) is 1.61. The Morgan fingerprint density at radius 3 is 2.65 bits per heavy atom. The van der Waals surface area contributed by atoms with Crippen LogP contribution in [0.5, 0.6) is 17.2 Å². The Bertz CT molecular complexity index is 1210. The van der Waals surface area contributed by atoms with Crippen molar-refractivity contribution in [3.8, 4) is 17.2 Å². The van der Waals surface area contributed by atoms with E-state index >= 15 is 0 Å². The number of Topliss-reactive ketones (excluding diaryl/α,β-unsaturated/α-hetero) is 1. The maximum absolute atomic E-state index is 13.3. The number of rotatable bonds is 3. The summed E-state index contributed by atoms with van der Waals surface area (Å²) in [6.45, 7) is 5.64. The van der Waals surface area contributed by atoms with Gasteiger partial charge in [0, 0.05) is 24.3 Å². The quantitative estimate of drug-likeness (QED) is 0.396. The number of ketones is 1. The Morgan fingerprint density at radius 1 is 1.08 bits per heavy atom. The van der Waals surface area contributed by atoms with E-state index in [1.165, 1.54) is 0 Å². The number of hydrogen-bond acceptors (Lipinski definition) is 7. The van der Waals surface area contributed by atoms with Crippen molar-refractivity contribution in [3.05, 3.63) is 58.7 Å². The minimum atomic E-state index is -0.650. The lowest BCUT2D eigenvalue weighted by atomic mass is 9.83. The van der Waals surface area contributed by atoms with E-state index in [1.54, 1.807) is 19.1 Å². The van der Waals surface area contributed by atoms with Crippen LogP contribution in [0.3, 0.4) is 0 Å². The van der Waals surface area contributed by atoms with E-state index in [0.717, 1.165) is 5.56 Å². The van der Waals surface area contributed by atoms with Gasteiger partial charge in [0.1, 0.15) is 28.6 Å². The first-order chi connectivity index (χ1) is 17.7. The smallest absolute Gasteiger partial charge is 0.342 e. The van der Waals surface area contributed by atoms with Gasteiger partial charge in [-0.3, -0.25) is 9.59 Å². The topological polar surface area (TPSA) is 99.1 Å². The average Bonchev–Trinajstić information content (AvgIpc) is 2.82. The maximum Gasteiger partial charge on any atom is 0.342 e. The number of aromatic hydroxyl groups is 1. The third kappa shape index (κ3) is 6.40. The van der Waals surface area contributed by atoms with Crippen LogP contribution in [0.2, 0.25) is 0 Å². The third-order valence-corrected chi connectivity index (χ3v) is 6.61. The fourth-order valence-corrected chi connectivity index (χ4v) is 4.88. The molecule has 1 N–H and O–H groups in total. The van der Waals surface area contributed by atoms with Gasteiger partial charge in [-0.05, 0) is 75.8 Å². The zero-order valence-corrected chi connectivity index (χ0v) is 21.6. The summed E-state index contributed by atoms with van der Waals surface area (Å²) in [5.74, 6) is -0.767. The summed E-state index contributed by atoms with van der Waals surface area (Å²) in [7, 11) is 0. The molecule has 2 atom stereocenters. The minimum absolute atomic E-state index is 0.0137. The molecule has 0 aromatic heterocycles. The van der Waals surface area contributed by atoms with Crippen molar-refractivity contribution in [2.75, 3.05) is 0 Å². The Labute approximate surface area is 217 Å². The molecule has 0 fully saturated rings. The molecule has 2 aromatic rings. The predicted octanol–water partition coefficient (Wildman–Crippen LogP) is 6.10. The Kier molecular flexibility index (Phi) is 8.31. The fraction of sp³-hybridized carbons (Fsp3) is 0.433. The summed E-state index contributed by atoms with van der Waals surface area (Å²) in [6, 6.07) is 9.01. The molecule has 0 saturated carbocycles. The molecule has 0 radical (unpaired) electrons. The van der Waals surface area contributed by atoms with Crippen molar-refractivity contribution in [1.82, 2.24) is 0 Å². The van der Waals surface area contributed by atoms with Crippen molar-refractivity contribution >= 4 is 23.8 Å². The number of carbonyl (C=O) groups excluding carboxylic acids is 3. The SMILES string of the molecule is CC(C)Oc1cccc(C2CC(=O)Oc3cc4c(c(O)c32)C(=O)O[C@@H](C)CCCC(=O)CCCC=C4)c1. The Hall–Kier alpha value is -3.61. The molecule has 0 aliphatic carbocycles. The van der Waals surface area contributed by atoms with Gasteiger partial charge >= 0.3 is 11.9 Å². The molecule has 2 heterocycles. The molecule has 4 rings (SSSR count). The largest absolute Gasteiger partial charge is 0.507 e. The molecule has 0 amide bonds. The van der Waals surface area contributed by atoms with Gasteiger partial charge in [-0.1, -0.05) is 24.3 Å². The van der Waals surface area contributed by atoms with Gasteiger partial charge in [-0.25, -0.2) is 4.79 Å². The zero-order chi connectivity index (χ0) is 26.5. The van der Waals surface area contributed by atoms with Crippen LogP contribution >= 0.6 is 0 Å². The van der Waals surface area contributed by atoms with Crippen LogP contribution in [-0.4, -0.2) is 35.0 Å². The van der Waals surface area contributed by atoms with Gasteiger partial charge in [0.15, 0.2) is 0 Å². The molecule has 2 aliphatic rings. The second-order valence-electron chi connectivity index (χ2n) is 10.0.